The van der Waals surface area contributed by atoms with Gasteiger partial charge >= 0.3 is 0 Å². The molecule has 1 amide bonds. The van der Waals surface area contributed by atoms with Crippen molar-refractivity contribution in [2.45, 2.75) is 45.8 Å². The number of hydrogen-bond donors (Lipinski definition) is 1. The van der Waals surface area contributed by atoms with Gasteiger partial charge in [0.25, 0.3) is 0 Å². The summed E-state index contributed by atoms with van der Waals surface area (Å²) in [5.41, 5.74) is 0. The molecule has 0 rings (SSSR count). The van der Waals surface area contributed by atoms with Crippen LogP contribution >= 0.6 is 21.6 Å². The molecular weight excluding hydrogens is 226 g/mol. The molecule has 0 fully saturated rings. The lowest BCUT2D eigenvalue weighted by Crippen LogP contribution is -2.25. The number of nitrogens with one attached hydrogen (secondary N) is 1. The van der Waals surface area contributed by atoms with Crippen LogP contribution in [0.25, 0.3) is 0 Å². The molecule has 2 nitrogen and oxygen atoms in total. The lowest BCUT2D eigenvalue weighted by Gasteiger charge is -2.07. The van der Waals surface area contributed by atoms with E-state index in [-0.39, 0.29) is 5.91 Å². The van der Waals surface area contributed by atoms with Crippen molar-refractivity contribution in [1.29, 1.82) is 0 Å². The number of carbonyl (C=O) groups is 1. The van der Waals surface area contributed by atoms with Gasteiger partial charge in [-0.25, -0.2) is 0 Å². The van der Waals surface area contributed by atoms with Crippen molar-refractivity contribution in [2.75, 3.05) is 12.3 Å². The predicted octanol–water partition coefficient (Wildman–Crippen LogP) is 3.33. The van der Waals surface area contributed by atoms with Crippen LogP contribution < -0.4 is 5.32 Å². The molecule has 90 valence electrons. The monoisotopic (exact) mass is 249 g/mol. The maximum atomic E-state index is 11.3. The topological polar surface area (TPSA) is 29.1 Å². The van der Waals surface area contributed by atoms with Gasteiger partial charge in [0.1, 0.15) is 0 Å². The number of carbonyl (C=O) groups excluding carboxylic acids is 1. The molecule has 0 aromatic rings. The van der Waals surface area contributed by atoms with Gasteiger partial charge in [0.05, 0.1) is 0 Å². The van der Waals surface area contributed by atoms with Gasteiger partial charge in [-0.1, -0.05) is 49.3 Å². The molecule has 0 aromatic heterocycles. The molecule has 4 heteroatoms. The van der Waals surface area contributed by atoms with E-state index in [0.717, 1.165) is 18.7 Å². The summed E-state index contributed by atoms with van der Waals surface area (Å²) in [6, 6.07) is 0. The third kappa shape index (κ3) is 12.1. The zero-order chi connectivity index (χ0) is 11.7. The van der Waals surface area contributed by atoms with E-state index in [0.29, 0.717) is 17.6 Å². The Bertz CT molecular complexity index is 172. The molecule has 0 radical (unpaired) electrons. The largest absolute Gasteiger partial charge is 0.355 e. The average molecular weight is 249 g/mol. The number of hydrogen-bond acceptors (Lipinski definition) is 3. The Kier molecular flexibility index (Phi) is 9.51. The zero-order valence-electron chi connectivity index (χ0n) is 10.2. The fourth-order valence-electron chi connectivity index (χ4n) is 0.924. The second-order valence-electron chi connectivity index (χ2n) is 4.25. The maximum absolute atomic E-state index is 11.3. The summed E-state index contributed by atoms with van der Waals surface area (Å²) in [6.07, 6.45) is 1.65. The molecule has 0 saturated heterocycles. The third-order valence-corrected chi connectivity index (χ3v) is 4.67. The Labute approximate surface area is 102 Å². The second kappa shape index (κ2) is 9.40. The highest BCUT2D eigenvalue weighted by molar-refractivity contribution is 8.76. The molecule has 0 bridgehead atoms. The van der Waals surface area contributed by atoms with Crippen molar-refractivity contribution in [1.82, 2.24) is 5.32 Å². The number of rotatable bonds is 8. The standard InChI is InChI=1S/C11H23NOS2/c1-9(2)5-6-11(13)12-7-8-14-15-10(3)4/h9-10H,5-8H2,1-4H3,(H,12,13). The first-order chi connectivity index (χ1) is 7.02. The van der Waals surface area contributed by atoms with Crippen molar-refractivity contribution in [3.8, 4) is 0 Å². The van der Waals surface area contributed by atoms with Gasteiger partial charge < -0.3 is 5.32 Å². The predicted molar refractivity (Wildman–Crippen MR) is 72.3 cm³/mol. The molecule has 0 aromatic carbocycles. The van der Waals surface area contributed by atoms with Crippen LogP contribution in [0.4, 0.5) is 0 Å². The van der Waals surface area contributed by atoms with Crippen LogP contribution in [0.1, 0.15) is 40.5 Å². The molecule has 15 heavy (non-hydrogen) atoms. The highest BCUT2D eigenvalue weighted by atomic mass is 33.1. The molecular formula is C11H23NOS2. The van der Waals surface area contributed by atoms with Gasteiger partial charge in [-0.3, -0.25) is 4.79 Å². The fourth-order valence-corrected chi connectivity index (χ4v) is 2.83. The van der Waals surface area contributed by atoms with Crippen molar-refractivity contribution in [3.05, 3.63) is 0 Å². The Morgan fingerprint density at radius 1 is 1.27 bits per heavy atom. The number of amides is 1. The van der Waals surface area contributed by atoms with Gasteiger partial charge in [0.15, 0.2) is 0 Å². The van der Waals surface area contributed by atoms with Gasteiger partial charge in [0.2, 0.25) is 5.91 Å². The van der Waals surface area contributed by atoms with E-state index in [1.54, 1.807) is 0 Å². The van der Waals surface area contributed by atoms with Gasteiger partial charge in [-0.2, -0.15) is 0 Å². The van der Waals surface area contributed by atoms with Crippen LogP contribution in [0.3, 0.4) is 0 Å². The first-order valence-corrected chi connectivity index (χ1v) is 7.95. The molecule has 1 N–H and O–H groups in total. The molecule has 0 heterocycles. The molecule has 0 aliphatic carbocycles. The first kappa shape index (κ1) is 15.2. The maximum Gasteiger partial charge on any atom is 0.220 e. The average Bonchev–Trinajstić information content (AvgIpc) is 2.13. The Morgan fingerprint density at radius 3 is 2.47 bits per heavy atom. The Hall–Kier alpha value is 0.170. The van der Waals surface area contributed by atoms with Gasteiger partial charge in [0, 0.05) is 24.0 Å². The molecule has 0 saturated carbocycles. The van der Waals surface area contributed by atoms with E-state index in [1.165, 1.54) is 0 Å². The van der Waals surface area contributed by atoms with E-state index < -0.39 is 0 Å². The molecule has 0 unspecified atom stereocenters. The van der Waals surface area contributed by atoms with E-state index in [1.807, 2.05) is 21.6 Å². The third-order valence-electron chi connectivity index (χ3n) is 1.72. The van der Waals surface area contributed by atoms with Gasteiger partial charge in [-0.15, -0.1) is 0 Å². The molecule has 0 aliphatic heterocycles. The van der Waals surface area contributed by atoms with Crippen molar-refractivity contribution >= 4 is 27.5 Å². The van der Waals surface area contributed by atoms with Crippen LogP contribution in [0.2, 0.25) is 0 Å². The highest BCUT2D eigenvalue weighted by Gasteiger charge is 2.02. The highest BCUT2D eigenvalue weighted by Crippen LogP contribution is 2.25. The SMILES string of the molecule is CC(C)CCC(=O)NCCSSC(C)C. The molecule has 0 aliphatic rings. The Morgan fingerprint density at radius 2 is 1.93 bits per heavy atom. The summed E-state index contributed by atoms with van der Waals surface area (Å²) in [7, 11) is 3.70. The quantitative estimate of drug-likeness (QED) is 0.528. The Balaban J connectivity index is 3.24. The fraction of sp³-hybridized carbons (Fsp3) is 0.909. The minimum atomic E-state index is 0.193. The van der Waals surface area contributed by atoms with Crippen LogP contribution in [0.5, 0.6) is 0 Å². The van der Waals surface area contributed by atoms with Crippen LogP contribution in [-0.2, 0) is 4.79 Å². The summed E-state index contributed by atoms with van der Waals surface area (Å²) >= 11 is 0. The molecule has 0 spiro atoms. The van der Waals surface area contributed by atoms with Crippen molar-refractivity contribution < 1.29 is 4.79 Å². The normalized spacial score (nSPS) is 11.1. The summed E-state index contributed by atoms with van der Waals surface area (Å²) in [6.45, 7) is 9.43. The lowest BCUT2D eigenvalue weighted by molar-refractivity contribution is -0.121. The van der Waals surface area contributed by atoms with Crippen LogP contribution in [0, 0.1) is 5.92 Å². The van der Waals surface area contributed by atoms with E-state index in [2.05, 4.69) is 33.0 Å². The smallest absolute Gasteiger partial charge is 0.220 e. The first-order valence-electron chi connectivity index (χ1n) is 5.57. The summed E-state index contributed by atoms with van der Waals surface area (Å²) in [4.78, 5) is 11.3. The van der Waals surface area contributed by atoms with Gasteiger partial charge in [-0.05, 0) is 12.3 Å². The molecule has 0 atom stereocenters. The minimum absolute atomic E-state index is 0.193. The lowest BCUT2D eigenvalue weighted by atomic mass is 10.1. The van der Waals surface area contributed by atoms with E-state index in [9.17, 15) is 4.79 Å². The van der Waals surface area contributed by atoms with Crippen molar-refractivity contribution in [2.24, 2.45) is 5.92 Å². The van der Waals surface area contributed by atoms with E-state index in [4.69, 9.17) is 0 Å². The second-order valence-corrected chi connectivity index (χ2v) is 7.31. The van der Waals surface area contributed by atoms with Crippen LogP contribution in [-0.4, -0.2) is 23.5 Å². The minimum Gasteiger partial charge on any atom is -0.355 e. The summed E-state index contributed by atoms with van der Waals surface area (Å²) in [5, 5.41) is 3.60. The van der Waals surface area contributed by atoms with Crippen LogP contribution in [0.15, 0.2) is 0 Å². The summed E-state index contributed by atoms with van der Waals surface area (Å²) < 4.78 is 0. The van der Waals surface area contributed by atoms with E-state index >= 15 is 0 Å². The van der Waals surface area contributed by atoms with Crippen molar-refractivity contribution in [3.63, 3.8) is 0 Å². The zero-order valence-corrected chi connectivity index (χ0v) is 11.8. The summed E-state index contributed by atoms with van der Waals surface area (Å²) in [5.74, 6) is 1.80.